The molecule has 0 spiro atoms. The highest BCUT2D eigenvalue weighted by molar-refractivity contribution is 6.36. The summed E-state index contributed by atoms with van der Waals surface area (Å²) in [6.07, 6.45) is 3.86. The molecule has 1 saturated heterocycles. The van der Waals surface area contributed by atoms with Crippen molar-refractivity contribution in [2.45, 2.75) is 20.4 Å². The number of allylic oxidation sites excluding steroid dienone is 5. The summed E-state index contributed by atoms with van der Waals surface area (Å²) in [6, 6.07) is 28.8. The quantitative estimate of drug-likeness (QED) is 0.386. The number of hydrogen-bond acceptors (Lipinski definition) is 3. The Morgan fingerprint density at radius 1 is 0.588 bits per heavy atom. The second-order valence-corrected chi connectivity index (χ2v) is 8.38. The van der Waals surface area contributed by atoms with E-state index in [0.29, 0.717) is 16.9 Å². The van der Waals surface area contributed by atoms with E-state index in [-0.39, 0.29) is 17.4 Å². The van der Waals surface area contributed by atoms with Gasteiger partial charge in [-0.1, -0.05) is 66.7 Å². The van der Waals surface area contributed by atoms with Crippen LogP contribution in [0, 0.1) is 0 Å². The van der Waals surface area contributed by atoms with Gasteiger partial charge in [0, 0.05) is 17.9 Å². The molecule has 0 atom stereocenters. The van der Waals surface area contributed by atoms with Crippen LogP contribution in [0.5, 0.6) is 0 Å². The summed E-state index contributed by atoms with van der Waals surface area (Å²) >= 11 is 0. The average molecular weight is 448 g/mol. The third-order valence-corrected chi connectivity index (χ3v) is 6.07. The summed E-state index contributed by atoms with van der Waals surface area (Å²) in [7, 11) is 0. The number of nitrogens with zero attached hydrogens (tertiary/aromatic N) is 3. The molecule has 34 heavy (non-hydrogen) atoms. The molecule has 2 aliphatic heterocycles. The molecule has 168 valence electrons. The lowest BCUT2D eigenvalue weighted by Crippen LogP contribution is -2.41. The Labute approximate surface area is 199 Å². The molecule has 0 unspecified atom stereocenters. The molecule has 1 fully saturated rings. The summed E-state index contributed by atoms with van der Waals surface area (Å²) in [5.74, 6) is -0.667. The van der Waals surface area contributed by atoms with Crippen molar-refractivity contribution in [3.05, 3.63) is 131 Å². The fraction of sp³-hybridized carbons (Fsp3) is 0.103. The van der Waals surface area contributed by atoms with Gasteiger partial charge in [-0.25, -0.2) is 10.0 Å². The zero-order valence-electron chi connectivity index (χ0n) is 19.2. The molecule has 0 aromatic heterocycles. The molecule has 2 amide bonds. The number of carbonyl (C=O) groups is 2. The first-order valence-electron chi connectivity index (χ1n) is 11.3. The number of amides is 2. The van der Waals surface area contributed by atoms with Crippen molar-refractivity contribution < 1.29 is 9.59 Å². The fourth-order valence-electron chi connectivity index (χ4n) is 4.42. The predicted molar refractivity (Wildman–Crippen MR) is 134 cm³/mol. The van der Waals surface area contributed by atoms with E-state index in [1.54, 1.807) is 0 Å². The Balaban J connectivity index is 1.57. The Bertz CT molecular complexity index is 1240. The molecule has 5 nitrogen and oxygen atoms in total. The minimum Gasteiger partial charge on any atom is -0.345 e. The third-order valence-electron chi connectivity index (χ3n) is 6.07. The smallest absolute Gasteiger partial charge is 0.283 e. The van der Waals surface area contributed by atoms with Crippen molar-refractivity contribution in [3.8, 4) is 0 Å². The molecule has 5 heteroatoms. The van der Waals surface area contributed by atoms with Crippen LogP contribution in [0.25, 0.3) is 0 Å². The molecule has 3 aromatic carbocycles. The van der Waals surface area contributed by atoms with Gasteiger partial charge in [-0.2, -0.15) is 0 Å². The minimum absolute atomic E-state index is 0.172. The average Bonchev–Trinajstić information content (AvgIpc) is 3.13. The van der Waals surface area contributed by atoms with Crippen LogP contribution in [-0.4, -0.2) is 16.7 Å². The first kappa shape index (κ1) is 21.5. The van der Waals surface area contributed by atoms with Gasteiger partial charge in [0.25, 0.3) is 11.8 Å². The van der Waals surface area contributed by atoms with Crippen LogP contribution < -0.4 is 10.0 Å². The van der Waals surface area contributed by atoms with Crippen molar-refractivity contribution >= 4 is 23.2 Å². The highest BCUT2D eigenvalue weighted by atomic mass is 16.2. The van der Waals surface area contributed by atoms with Gasteiger partial charge in [0.2, 0.25) is 0 Å². The molecule has 2 heterocycles. The van der Waals surface area contributed by atoms with Gasteiger partial charge >= 0.3 is 0 Å². The van der Waals surface area contributed by atoms with E-state index < -0.39 is 0 Å². The van der Waals surface area contributed by atoms with Crippen LogP contribution in [0.15, 0.2) is 126 Å². The van der Waals surface area contributed by atoms with E-state index >= 15 is 0 Å². The highest BCUT2D eigenvalue weighted by Crippen LogP contribution is 2.35. The Morgan fingerprint density at radius 3 is 1.44 bits per heavy atom. The summed E-state index contributed by atoms with van der Waals surface area (Å²) in [5.41, 5.74) is 5.25. The monoisotopic (exact) mass is 447 g/mol. The topological polar surface area (TPSA) is 43.9 Å². The number of carbonyl (C=O) groups excluding carboxylic acids is 2. The van der Waals surface area contributed by atoms with Gasteiger partial charge in [-0.15, -0.1) is 0 Å². The van der Waals surface area contributed by atoms with E-state index in [2.05, 4.69) is 17.0 Å². The predicted octanol–water partition coefficient (Wildman–Crippen LogP) is 5.60. The molecule has 2 aliphatic rings. The first-order chi connectivity index (χ1) is 16.5. The van der Waals surface area contributed by atoms with Gasteiger partial charge in [-0.05, 0) is 61.4 Å². The largest absolute Gasteiger partial charge is 0.345 e. The van der Waals surface area contributed by atoms with Crippen LogP contribution in [0.3, 0.4) is 0 Å². The molecule has 0 bridgehead atoms. The lowest BCUT2D eigenvalue weighted by atomic mass is 10.0. The lowest BCUT2D eigenvalue weighted by molar-refractivity contribution is -0.116. The van der Waals surface area contributed by atoms with E-state index in [1.165, 1.54) is 15.6 Å². The van der Waals surface area contributed by atoms with Crippen LogP contribution in [0.4, 0.5) is 11.4 Å². The van der Waals surface area contributed by atoms with Gasteiger partial charge < -0.3 is 4.90 Å². The van der Waals surface area contributed by atoms with Crippen molar-refractivity contribution in [2.75, 3.05) is 10.0 Å². The zero-order valence-corrected chi connectivity index (χ0v) is 19.2. The molecule has 3 aromatic rings. The number of hydrogen-bond donors (Lipinski definition) is 0. The second kappa shape index (κ2) is 8.87. The van der Waals surface area contributed by atoms with Crippen LogP contribution in [0.2, 0.25) is 0 Å². The second-order valence-electron chi connectivity index (χ2n) is 8.38. The standard InChI is InChI=1S/C29H25N3O2/c1-21-18-24(19-22(2)30(21)20-23-12-6-3-7-13-23)27-28(33)31(25-14-8-4-9-15-25)32(29(27)34)26-16-10-5-11-17-26/h3-19H,20H2,1-2H3. The molecular weight excluding hydrogens is 422 g/mol. The van der Waals surface area contributed by atoms with Crippen LogP contribution in [-0.2, 0) is 16.1 Å². The Hall–Kier alpha value is -4.38. The van der Waals surface area contributed by atoms with Crippen LogP contribution >= 0.6 is 0 Å². The van der Waals surface area contributed by atoms with Crippen molar-refractivity contribution in [1.29, 1.82) is 0 Å². The fourth-order valence-corrected chi connectivity index (χ4v) is 4.42. The maximum absolute atomic E-state index is 13.7. The van der Waals surface area contributed by atoms with E-state index in [0.717, 1.165) is 17.9 Å². The van der Waals surface area contributed by atoms with E-state index in [4.69, 9.17) is 0 Å². The first-order valence-corrected chi connectivity index (χ1v) is 11.3. The molecular formula is C29H25N3O2. The summed E-state index contributed by atoms with van der Waals surface area (Å²) in [6.45, 7) is 4.74. The number of benzene rings is 3. The summed E-state index contributed by atoms with van der Waals surface area (Å²) in [4.78, 5) is 29.6. The number of para-hydroxylation sites is 2. The number of rotatable bonds is 4. The molecule has 0 N–H and O–H groups in total. The summed E-state index contributed by atoms with van der Waals surface area (Å²) < 4.78 is 0. The lowest BCUT2D eigenvalue weighted by Gasteiger charge is -2.30. The minimum atomic E-state index is -0.334. The Morgan fingerprint density at radius 2 is 1.00 bits per heavy atom. The Kier molecular flexibility index (Phi) is 5.60. The normalized spacial score (nSPS) is 16.2. The molecule has 5 rings (SSSR count). The van der Waals surface area contributed by atoms with E-state index in [9.17, 15) is 9.59 Å². The van der Waals surface area contributed by atoms with E-state index in [1.807, 2.05) is 105 Å². The number of hydrazine groups is 1. The highest BCUT2D eigenvalue weighted by Gasteiger charge is 2.44. The SMILES string of the molecule is CC1=CC(=C2C(=O)N(c3ccccc3)N(c3ccccc3)C2=O)C=C(C)N1Cc1ccccc1. The summed E-state index contributed by atoms with van der Waals surface area (Å²) in [5, 5.41) is 2.92. The van der Waals surface area contributed by atoms with Gasteiger partial charge in [0.15, 0.2) is 0 Å². The molecule has 0 aliphatic carbocycles. The van der Waals surface area contributed by atoms with Crippen LogP contribution in [0.1, 0.15) is 19.4 Å². The van der Waals surface area contributed by atoms with Crippen molar-refractivity contribution in [1.82, 2.24) is 4.90 Å². The zero-order chi connectivity index (χ0) is 23.7. The molecule has 0 saturated carbocycles. The third kappa shape index (κ3) is 3.82. The molecule has 0 radical (unpaired) electrons. The van der Waals surface area contributed by atoms with Crippen molar-refractivity contribution in [3.63, 3.8) is 0 Å². The maximum Gasteiger partial charge on any atom is 0.283 e. The maximum atomic E-state index is 13.7. The van der Waals surface area contributed by atoms with Crippen molar-refractivity contribution in [2.24, 2.45) is 0 Å². The number of anilines is 2. The van der Waals surface area contributed by atoms with Gasteiger partial charge in [0.1, 0.15) is 5.57 Å². The van der Waals surface area contributed by atoms with Gasteiger partial charge in [0.05, 0.1) is 11.4 Å². The van der Waals surface area contributed by atoms with Gasteiger partial charge in [-0.3, -0.25) is 9.59 Å².